The van der Waals surface area contributed by atoms with E-state index >= 15 is 0 Å². The predicted octanol–water partition coefficient (Wildman–Crippen LogP) is 5.02. The third kappa shape index (κ3) is 2.79. The van der Waals surface area contributed by atoms with Gasteiger partial charge in [0.05, 0.1) is 16.7 Å². The van der Waals surface area contributed by atoms with Crippen molar-refractivity contribution in [2.45, 2.75) is 40.2 Å². The third-order valence-electron chi connectivity index (χ3n) is 4.20. The first-order chi connectivity index (χ1) is 11.0. The van der Waals surface area contributed by atoms with Crippen LogP contribution in [-0.4, -0.2) is 14.5 Å². The molecule has 0 unspecified atom stereocenters. The van der Waals surface area contributed by atoms with Gasteiger partial charge in [-0.25, -0.2) is 4.98 Å². The minimum Gasteiger partial charge on any atom is -0.342 e. The summed E-state index contributed by atoms with van der Waals surface area (Å²) in [4.78, 5) is 9.50. The Balaban J connectivity index is 2.13. The Morgan fingerprint density at radius 3 is 2.61 bits per heavy atom. The number of fused-ring (bicyclic) bond motifs is 1. The molecule has 0 N–H and O–H groups in total. The van der Waals surface area contributed by atoms with Crippen LogP contribution in [0.4, 0.5) is 0 Å². The highest BCUT2D eigenvalue weighted by atomic mass is 15.0. The van der Waals surface area contributed by atoms with Crippen molar-refractivity contribution in [3.8, 4) is 11.3 Å². The van der Waals surface area contributed by atoms with Crippen LogP contribution in [0.1, 0.15) is 36.6 Å². The Kier molecular flexibility index (Phi) is 4.03. The van der Waals surface area contributed by atoms with Crippen molar-refractivity contribution >= 4 is 11.0 Å². The standard InChI is InChI=1S/C20H23N3/c1-6-9-23-12-15(5)20-18(23)10-14(4)19(22-20)16-7-8-17(13(2)3)21-11-16/h6-8,10-13H,1,9H2,2-5H3. The van der Waals surface area contributed by atoms with Gasteiger partial charge in [-0.2, -0.15) is 0 Å². The molecule has 3 rings (SSSR count). The van der Waals surface area contributed by atoms with E-state index in [0.717, 1.165) is 34.5 Å². The molecule has 23 heavy (non-hydrogen) atoms. The van der Waals surface area contributed by atoms with Crippen LogP contribution < -0.4 is 0 Å². The fraction of sp³-hybridized carbons (Fsp3) is 0.300. The highest BCUT2D eigenvalue weighted by molar-refractivity contribution is 5.84. The molecule has 0 spiro atoms. The van der Waals surface area contributed by atoms with Crippen LogP contribution in [0.2, 0.25) is 0 Å². The van der Waals surface area contributed by atoms with Crippen molar-refractivity contribution < 1.29 is 0 Å². The third-order valence-corrected chi connectivity index (χ3v) is 4.20. The smallest absolute Gasteiger partial charge is 0.0917 e. The number of nitrogens with zero attached hydrogens (tertiary/aromatic N) is 3. The van der Waals surface area contributed by atoms with Gasteiger partial charge in [0.2, 0.25) is 0 Å². The van der Waals surface area contributed by atoms with Gasteiger partial charge < -0.3 is 4.57 Å². The van der Waals surface area contributed by atoms with E-state index in [-0.39, 0.29) is 0 Å². The molecule has 118 valence electrons. The van der Waals surface area contributed by atoms with E-state index in [0.29, 0.717) is 5.92 Å². The van der Waals surface area contributed by atoms with Crippen LogP contribution in [0.5, 0.6) is 0 Å². The lowest BCUT2D eigenvalue weighted by atomic mass is 10.0. The largest absolute Gasteiger partial charge is 0.342 e. The molecule has 3 heterocycles. The molecule has 0 saturated carbocycles. The maximum Gasteiger partial charge on any atom is 0.0917 e. The molecule has 0 saturated heterocycles. The van der Waals surface area contributed by atoms with Crippen LogP contribution >= 0.6 is 0 Å². The van der Waals surface area contributed by atoms with Gasteiger partial charge in [-0.1, -0.05) is 19.9 Å². The van der Waals surface area contributed by atoms with E-state index in [1.54, 1.807) is 0 Å². The number of allylic oxidation sites excluding steroid dienone is 1. The first-order valence-corrected chi connectivity index (χ1v) is 8.05. The molecule has 3 aromatic rings. The molecule has 0 aromatic carbocycles. The maximum absolute atomic E-state index is 4.93. The Hall–Kier alpha value is -2.42. The maximum atomic E-state index is 4.93. The lowest BCUT2D eigenvalue weighted by molar-refractivity contribution is 0.823. The molecular formula is C20H23N3. The van der Waals surface area contributed by atoms with Gasteiger partial charge in [0.25, 0.3) is 0 Å². The minimum atomic E-state index is 0.441. The van der Waals surface area contributed by atoms with E-state index < -0.39 is 0 Å². The van der Waals surface area contributed by atoms with Gasteiger partial charge in [-0.15, -0.1) is 6.58 Å². The first kappa shape index (κ1) is 15.5. The molecule has 0 aliphatic rings. The van der Waals surface area contributed by atoms with Gasteiger partial charge >= 0.3 is 0 Å². The normalized spacial score (nSPS) is 11.3. The number of rotatable bonds is 4. The molecule has 0 fully saturated rings. The van der Waals surface area contributed by atoms with Gasteiger partial charge in [0.15, 0.2) is 0 Å². The van der Waals surface area contributed by atoms with E-state index in [4.69, 9.17) is 4.98 Å². The second-order valence-electron chi connectivity index (χ2n) is 6.40. The van der Waals surface area contributed by atoms with E-state index in [2.05, 4.69) is 68.2 Å². The van der Waals surface area contributed by atoms with Crippen molar-refractivity contribution in [3.63, 3.8) is 0 Å². The molecule has 0 aliphatic heterocycles. The number of hydrogen-bond acceptors (Lipinski definition) is 2. The van der Waals surface area contributed by atoms with Crippen LogP contribution in [-0.2, 0) is 6.54 Å². The fourth-order valence-electron chi connectivity index (χ4n) is 2.94. The number of aromatic nitrogens is 3. The quantitative estimate of drug-likeness (QED) is 0.633. The summed E-state index contributed by atoms with van der Waals surface area (Å²) in [7, 11) is 0. The topological polar surface area (TPSA) is 30.7 Å². The second kappa shape index (κ2) is 5.99. The van der Waals surface area contributed by atoms with Gasteiger partial charge in [0.1, 0.15) is 0 Å². The first-order valence-electron chi connectivity index (χ1n) is 8.05. The predicted molar refractivity (Wildman–Crippen MR) is 96.7 cm³/mol. The van der Waals surface area contributed by atoms with Gasteiger partial charge in [-0.05, 0) is 49.1 Å². The van der Waals surface area contributed by atoms with E-state index in [1.807, 2.05) is 12.3 Å². The number of aryl methyl sites for hydroxylation is 2. The van der Waals surface area contributed by atoms with E-state index in [1.165, 1.54) is 11.1 Å². The minimum absolute atomic E-state index is 0.441. The summed E-state index contributed by atoms with van der Waals surface area (Å²) in [6.45, 7) is 13.2. The molecule has 3 nitrogen and oxygen atoms in total. The molecule has 3 aromatic heterocycles. The Morgan fingerprint density at radius 1 is 1.22 bits per heavy atom. The molecule has 3 heteroatoms. The van der Waals surface area contributed by atoms with Crippen LogP contribution in [0.25, 0.3) is 22.3 Å². The average Bonchev–Trinajstić information content (AvgIpc) is 2.82. The van der Waals surface area contributed by atoms with Crippen molar-refractivity contribution in [2.24, 2.45) is 0 Å². The number of hydrogen-bond donors (Lipinski definition) is 0. The highest BCUT2D eigenvalue weighted by Crippen LogP contribution is 2.28. The molecule has 0 amide bonds. The van der Waals surface area contributed by atoms with Crippen molar-refractivity contribution in [1.29, 1.82) is 0 Å². The second-order valence-corrected chi connectivity index (χ2v) is 6.40. The monoisotopic (exact) mass is 305 g/mol. The Labute approximate surface area is 137 Å². The molecule has 0 bridgehead atoms. The van der Waals surface area contributed by atoms with Gasteiger partial charge in [0, 0.05) is 30.2 Å². The molecular weight excluding hydrogens is 282 g/mol. The molecule has 0 atom stereocenters. The van der Waals surface area contributed by atoms with Crippen molar-refractivity contribution in [1.82, 2.24) is 14.5 Å². The zero-order valence-corrected chi connectivity index (χ0v) is 14.3. The lowest BCUT2D eigenvalue weighted by Gasteiger charge is -2.09. The number of pyridine rings is 2. The summed E-state index contributed by atoms with van der Waals surface area (Å²) in [5.74, 6) is 0.441. The van der Waals surface area contributed by atoms with Crippen LogP contribution in [0.3, 0.4) is 0 Å². The molecule has 0 radical (unpaired) electrons. The SMILES string of the molecule is C=CCn1cc(C)c2nc(-c3ccc(C(C)C)nc3)c(C)cc21. The zero-order valence-electron chi connectivity index (χ0n) is 14.3. The Bertz CT molecular complexity index is 855. The van der Waals surface area contributed by atoms with Crippen LogP contribution in [0, 0.1) is 13.8 Å². The summed E-state index contributed by atoms with van der Waals surface area (Å²) in [5.41, 5.74) is 7.77. The fourth-order valence-corrected chi connectivity index (χ4v) is 2.94. The van der Waals surface area contributed by atoms with E-state index in [9.17, 15) is 0 Å². The summed E-state index contributed by atoms with van der Waals surface area (Å²) in [6.07, 6.45) is 5.99. The Morgan fingerprint density at radius 2 is 2.00 bits per heavy atom. The molecule has 0 aliphatic carbocycles. The summed E-state index contributed by atoms with van der Waals surface area (Å²) < 4.78 is 2.20. The lowest BCUT2D eigenvalue weighted by Crippen LogP contribution is -1.96. The van der Waals surface area contributed by atoms with Crippen molar-refractivity contribution in [3.05, 3.63) is 60.1 Å². The summed E-state index contributed by atoms with van der Waals surface area (Å²) in [6, 6.07) is 6.44. The zero-order chi connectivity index (χ0) is 16.6. The summed E-state index contributed by atoms with van der Waals surface area (Å²) in [5, 5.41) is 0. The highest BCUT2D eigenvalue weighted by Gasteiger charge is 2.12. The summed E-state index contributed by atoms with van der Waals surface area (Å²) >= 11 is 0. The van der Waals surface area contributed by atoms with Crippen molar-refractivity contribution in [2.75, 3.05) is 0 Å². The average molecular weight is 305 g/mol. The van der Waals surface area contributed by atoms with Crippen LogP contribution in [0.15, 0.2) is 43.2 Å². The van der Waals surface area contributed by atoms with Gasteiger partial charge in [-0.3, -0.25) is 4.98 Å².